The second-order valence-corrected chi connectivity index (χ2v) is 8.95. The fourth-order valence-corrected chi connectivity index (χ4v) is 4.46. The summed E-state index contributed by atoms with van der Waals surface area (Å²) >= 11 is 0. The van der Waals surface area contributed by atoms with Gasteiger partial charge in [-0.3, -0.25) is 9.63 Å². The quantitative estimate of drug-likeness (QED) is 0.369. The molecule has 2 amide bonds. The third-order valence-corrected chi connectivity index (χ3v) is 6.40. The molecular formula is C29H30N2O7. The van der Waals surface area contributed by atoms with Crippen LogP contribution in [0.3, 0.4) is 0 Å². The van der Waals surface area contributed by atoms with Gasteiger partial charge in [-0.2, -0.15) is 0 Å². The molecule has 1 aliphatic rings. The predicted octanol–water partition coefficient (Wildman–Crippen LogP) is 3.97. The highest BCUT2D eigenvalue weighted by Gasteiger charge is 2.33. The number of ether oxygens (including phenoxy) is 2. The van der Waals surface area contributed by atoms with Gasteiger partial charge in [0.05, 0.1) is 12.7 Å². The van der Waals surface area contributed by atoms with Crippen LogP contribution in [0.5, 0.6) is 0 Å². The van der Waals surface area contributed by atoms with Crippen molar-refractivity contribution in [1.82, 2.24) is 10.4 Å². The van der Waals surface area contributed by atoms with Crippen LogP contribution in [0.25, 0.3) is 11.1 Å². The number of likely N-dealkylation sites (N-methyl/N-ethyl adjacent to an activating group) is 1. The van der Waals surface area contributed by atoms with Crippen molar-refractivity contribution in [1.29, 1.82) is 0 Å². The first-order valence-electron chi connectivity index (χ1n) is 12.2. The Bertz CT molecular complexity index is 1240. The maximum atomic E-state index is 13.1. The Hall–Kier alpha value is -4.21. The first kappa shape index (κ1) is 26.8. The number of hydrogen-bond acceptors (Lipinski definition) is 6. The van der Waals surface area contributed by atoms with Crippen LogP contribution in [-0.2, 0) is 30.5 Å². The topological polar surface area (TPSA) is 114 Å². The second kappa shape index (κ2) is 12.4. The van der Waals surface area contributed by atoms with E-state index in [-0.39, 0.29) is 19.1 Å². The van der Waals surface area contributed by atoms with E-state index < -0.39 is 36.7 Å². The number of carboxylic acid groups (broad SMARTS) is 1. The lowest BCUT2D eigenvalue weighted by Gasteiger charge is -2.28. The first-order chi connectivity index (χ1) is 18.3. The number of hydrogen-bond donors (Lipinski definition) is 2. The number of nitrogens with zero attached hydrogens (tertiary/aromatic N) is 1. The maximum Gasteiger partial charge on any atom is 0.407 e. The van der Waals surface area contributed by atoms with Gasteiger partial charge >= 0.3 is 12.1 Å². The molecule has 0 saturated carbocycles. The highest BCUT2D eigenvalue weighted by molar-refractivity contribution is 5.85. The zero-order chi connectivity index (χ0) is 27.1. The molecule has 4 rings (SSSR count). The normalized spacial score (nSPS) is 13.6. The highest BCUT2D eigenvalue weighted by atomic mass is 16.7. The summed E-state index contributed by atoms with van der Waals surface area (Å²) in [6, 6.07) is 24.2. The van der Waals surface area contributed by atoms with Crippen molar-refractivity contribution >= 4 is 18.0 Å². The number of carboxylic acids is 1. The lowest BCUT2D eigenvalue weighted by atomic mass is 9.98. The van der Waals surface area contributed by atoms with Crippen molar-refractivity contribution < 1.29 is 33.8 Å². The molecule has 0 bridgehead atoms. The fraction of sp³-hybridized carbons (Fsp3) is 0.276. The van der Waals surface area contributed by atoms with Gasteiger partial charge < -0.3 is 19.9 Å². The van der Waals surface area contributed by atoms with Crippen molar-refractivity contribution in [2.45, 2.75) is 31.6 Å². The molecule has 0 fully saturated rings. The number of amides is 2. The van der Waals surface area contributed by atoms with Crippen molar-refractivity contribution in [2.24, 2.45) is 0 Å². The van der Waals surface area contributed by atoms with Gasteiger partial charge in [0.1, 0.15) is 12.6 Å². The largest absolute Gasteiger partial charge is 0.479 e. The van der Waals surface area contributed by atoms with Crippen LogP contribution in [0, 0.1) is 0 Å². The van der Waals surface area contributed by atoms with Gasteiger partial charge in [-0.15, -0.1) is 0 Å². The Labute approximate surface area is 220 Å². The highest BCUT2D eigenvalue weighted by Crippen LogP contribution is 2.44. The molecule has 0 unspecified atom stereocenters. The molecule has 0 heterocycles. The maximum absolute atomic E-state index is 13.1. The summed E-state index contributed by atoms with van der Waals surface area (Å²) in [6.45, 7) is 1.21. The summed E-state index contributed by atoms with van der Waals surface area (Å²) in [7, 11) is 1.28. The van der Waals surface area contributed by atoms with E-state index in [1.165, 1.54) is 7.05 Å². The van der Waals surface area contributed by atoms with E-state index in [0.717, 1.165) is 32.9 Å². The Kier molecular flexibility index (Phi) is 8.73. The zero-order valence-corrected chi connectivity index (χ0v) is 21.2. The molecule has 0 aromatic heterocycles. The summed E-state index contributed by atoms with van der Waals surface area (Å²) in [5, 5.41) is 12.3. The number of alkyl carbamates (subject to hydrolysis) is 1. The van der Waals surface area contributed by atoms with Crippen LogP contribution in [0.15, 0.2) is 78.9 Å². The van der Waals surface area contributed by atoms with Crippen LogP contribution in [0.2, 0.25) is 0 Å². The minimum Gasteiger partial charge on any atom is -0.479 e. The number of rotatable bonds is 11. The SMILES string of the molecule is C[C@H](OCc1ccccc1)[C@@H](NC(=O)OCC1c2ccccc2-c2ccccc21)C(=O)N(C)OCC(=O)O. The minimum absolute atomic E-state index is 0.0748. The van der Waals surface area contributed by atoms with Crippen LogP contribution in [0.1, 0.15) is 29.5 Å². The number of hydroxylamine groups is 2. The van der Waals surface area contributed by atoms with Gasteiger partial charge in [-0.1, -0.05) is 78.9 Å². The van der Waals surface area contributed by atoms with E-state index in [1.54, 1.807) is 6.92 Å². The molecule has 0 saturated heterocycles. The number of fused-ring (bicyclic) bond motifs is 3. The number of carbonyl (C=O) groups is 3. The Morgan fingerprint density at radius 1 is 0.921 bits per heavy atom. The van der Waals surface area contributed by atoms with Gasteiger partial charge in [-0.25, -0.2) is 14.7 Å². The molecule has 0 aliphatic heterocycles. The second-order valence-electron chi connectivity index (χ2n) is 8.95. The Morgan fingerprint density at radius 2 is 1.50 bits per heavy atom. The molecule has 0 radical (unpaired) electrons. The average molecular weight is 519 g/mol. The van der Waals surface area contributed by atoms with E-state index in [1.807, 2.05) is 78.9 Å². The summed E-state index contributed by atoms with van der Waals surface area (Å²) in [5.41, 5.74) is 5.23. The lowest BCUT2D eigenvalue weighted by Crippen LogP contribution is -2.53. The predicted molar refractivity (Wildman–Crippen MR) is 139 cm³/mol. The third-order valence-electron chi connectivity index (χ3n) is 6.40. The van der Waals surface area contributed by atoms with Crippen molar-refractivity contribution in [3.63, 3.8) is 0 Å². The average Bonchev–Trinajstić information content (AvgIpc) is 3.26. The zero-order valence-electron chi connectivity index (χ0n) is 21.2. The van der Waals surface area contributed by atoms with E-state index in [4.69, 9.17) is 19.4 Å². The molecule has 2 N–H and O–H groups in total. The summed E-state index contributed by atoms with van der Waals surface area (Å²) in [5.74, 6) is -2.06. The Morgan fingerprint density at radius 3 is 2.11 bits per heavy atom. The summed E-state index contributed by atoms with van der Waals surface area (Å²) in [4.78, 5) is 41.9. The first-order valence-corrected chi connectivity index (χ1v) is 12.2. The van der Waals surface area contributed by atoms with Gasteiger partial charge in [0.25, 0.3) is 5.91 Å². The van der Waals surface area contributed by atoms with Crippen LogP contribution < -0.4 is 5.32 Å². The van der Waals surface area contributed by atoms with E-state index in [9.17, 15) is 14.4 Å². The summed E-state index contributed by atoms with van der Waals surface area (Å²) < 4.78 is 11.5. The summed E-state index contributed by atoms with van der Waals surface area (Å²) in [6.07, 6.45) is -1.58. The van der Waals surface area contributed by atoms with Gasteiger partial charge in [0.15, 0.2) is 6.61 Å². The Balaban J connectivity index is 1.44. The monoisotopic (exact) mass is 518 g/mol. The molecule has 9 nitrogen and oxygen atoms in total. The number of carbonyl (C=O) groups excluding carboxylic acids is 2. The van der Waals surface area contributed by atoms with Crippen LogP contribution in [-0.4, -0.2) is 60.5 Å². The van der Waals surface area contributed by atoms with E-state index in [0.29, 0.717) is 0 Å². The van der Waals surface area contributed by atoms with Gasteiger partial charge in [0.2, 0.25) is 0 Å². The van der Waals surface area contributed by atoms with Crippen molar-refractivity contribution in [3.8, 4) is 11.1 Å². The van der Waals surface area contributed by atoms with Gasteiger partial charge in [-0.05, 0) is 34.7 Å². The van der Waals surface area contributed by atoms with Crippen LogP contribution >= 0.6 is 0 Å². The molecule has 198 valence electrons. The molecule has 38 heavy (non-hydrogen) atoms. The number of nitrogens with one attached hydrogen (secondary N) is 1. The minimum atomic E-state index is -1.24. The van der Waals surface area contributed by atoms with Crippen molar-refractivity contribution in [3.05, 3.63) is 95.6 Å². The van der Waals surface area contributed by atoms with Crippen molar-refractivity contribution in [2.75, 3.05) is 20.3 Å². The lowest BCUT2D eigenvalue weighted by molar-refractivity contribution is -0.189. The molecule has 3 aromatic rings. The smallest absolute Gasteiger partial charge is 0.407 e. The fourth-order valence-electron chi connectivity index (χ4n) is 4.46. The van der Waals surface area contributed by atoms with E-state index >= 15 is 0 Å². The van der Waals surface area contributed by atoms with E-state index in [2.05, 4.69) is 5.32 Å². The standard InChI is InChI=1S/C29H30N2O7/c1-19(36-16-20-10-4-3-5-11-20)27(28(34)31(2)38-18-26(32)33)30-29(35)37-17-25-23-14-8-6-12-21(23)22-13-7-9-15-24(22)25/h3-15,19,25,27H,16-18H2,1-2H3,(H,30,35)(H,32,33)/t19-,27+/m0/s1. The number of aliphatic carboxylic acids is 1. The van der Waals surface area contributed by atoms with Gasteiger partial charge in [0, 0.05) is 13.0 Å². The molecule has 3 aromatic carbocycles. The molecule has 9 heteroatoms. The molecule has 2 atom stereocenters. The van der Waals surface area contributed by atoms with Crippen LogP contribution in [0.4, 0.5) is 4.79 Å². The molecule has 0 spiro atoms. The molecule has 1 aliphatic carbocycles. The third kappa shape index (κ3) is 6.37. The number of benzene rings is 3. The molecular weight excluding hydrogens is 488 g/mol.